The Hall–Kier alpha value is -1.10. The van der Waals surface area contributed by atoms with Gasteiger partial charge in [-0.3, -0.25) is 0 Å². The Labute approximate surface area is 135 Å². The van der Waals surface area contributed by atoms with Crippen LogP contribution in [-0.2, 0) is 6.54 Å². The van der Waals surface area contributed by atoms with Crippen LogP contribution in [0.5, 0.6) is 0 Å². The Bertz CT molecular complexity index is 602. The van der Waals surface area contributed by atoms with Gasteiger partial charge in [-0.05, 0) is 54.9 Å². The van der Waals surface area contributed by atoms with Crippen molar-refractivity contribution in [3.63, 3.8) is 0 Å². The molecule has 0 fully saturated rings. The van der Waals surface area contributed by atoms with Crippen LogP contribution in [0.2, 0.25) is 5.02 Å². The van der Waals surface area contributed by atoms with Gasteiger partial charge in [-0.25, -0.2) is 9.97 Å². The fourth-order valence-corrected chi connectivity index (χ4v) is 3.03. The number of nitrogens with one attached hydrogen (secondary N) is 1. The molecule has 0 atom stereocenters. The van der Waals surface area contributed by atoms with Crippen LogP contribution in [0.1, 0.15) is 25.1 Å². The van der Waals surface area contributed by atoms with E-state index in [1.54, 1.807) is 18.0 Å². The molecule has 1 aromatic carbocycles. The Balaban J connectivity index is 2.15. The maximum atomic E-state index is 6.12. The van der Waals surface area contributed by atoms with Crippen LogP contribution in [0.3, 0.4) is 0 Å². The largest absolute Gasteiger partial charge is 0.312 e. The van der Waals surface area contributed by atoms with E-state index in [1.165, 1.54) is 5.56 Å². The number of aromatic nitrogens is 2. The van der Waals surface area contributed by atoms with E-state index in [-0.39, 0.29) is 0 Å². The highest BCUT2D eigenvalue weighted by atomic mass is 35.5. The minimum absolute atomic E-state index is 0.633. The molecule has 112 valence electrons. The molecular weight excluding hydrogens is 302 g/mol. The van der Waals surface area contributed by atoms with Crippen molar-refractivity contribution in [3.8, 4) is 0 Å². The van der Waals surface area contributed by atoms with Crippen LogP contribution >= 0.6 is 23.4 Å². The molecule has 0 aliphatic rings. The third-order valence-electron chi connectivity index (χ3n) is 2.87. The van der Waals surface area contributed by atoms with E-state index < -0.39 is 0 Å². The van der Waals surface area contributed by atoms with Gasteiger partial charge in [0.25, 0.3) is 0 Å². The Kier molecular flexibility index (Phi) is 6.03. The number of halogens is 1. The van der Waals surface area contributed by atoms with E-state index >= 15 is 0 Å². The van der Waals surface area contributed by atoms with Crippen LogP contribution in [-0.4, -0.2) is 16.5 Å². The second-order valence-electron chi connectivity index (χ2n) is 5.36. The van der Waals surface area contributed by atoms with E-state index in [4.69, 9.17) is 11.6 Å². The SMILES string of the molecule is Cc1ccnc(Sc2cc(Cl)ccc2CNCC(C)C)n1. The van der Waals surface area contributed by atoms with E-state index in [2.05, 4.69) is 35.2 Å². The van der Waals surface area contributed by atoms with Gasteiger partial charge < -0.3 is 5.32 Å². The van der Waals surface area contributed by atoms with Gasteiger partial charge >= 0.3 is 0 Å². The third kappa shape index (κ3) is 5.30. The van der Waals surface area contributed by atoms with Gasteiger partial charge in [-0.1, -0.05) is 31.5 Å². The second-order valence-corrected chi connectivity index (χ2v) is 6.80. The van der Waals surface area contributed by atoms with Gasteiger partial charge in [0.2, 0.25) is 0 Å². The summed E-state index contributed by atoms with van der Waals surface area (Å²) in [6, 6.07) is 7.86. The molecule has 0 spiro atoms. The van der Waals surface area contributed by atoms with Crippen LogP contribution in [0.15, 0.2) is 40.5 Å². The molecule has 1 aromatic heterocycles. The molecule has 21 heavy (non-hydrogen) atoms. The van der Waals surface area contributed by atoms with Crippen LogP contribution in [0.4, 0.5) is 0 Å². The highest BCUT2D eigenvalue weighted by Gasteiger charge is 2.08. The number of rotatable bonds is 6. The maximum absolute atomic E-state index is 6.12. The van der Waals surface area contributed by atoms with Crippen molar-refractivity contribution in [2.75, 3.05) is 6.54 Å². The second kappa shape index (κ2) is 7.78. The van der Waals surface area contributed by atoms with E-state index in [9.17, 15) is 0 Å². The molecule has 3 nitrogen and oxygen atoms in total. The number of aryl methyl sites for hydroxylation is 1. The highest BCUT2D eigenvalue weighted by Crippen LogP contribution is 2.30. The summed E-state index contributed by atoms with van der Waals surface area (Å²) in [4.78, 5) is 9.84. The lowest BCUT2D eigenvalue weighted by Crippen LogP contribution is -2.19. The summed E-state index contributed by atoms with van der Waals surface area (Å²) in [5.74, 6) is 0.633. The molecular formula is C16H20ClN3S. The molecule has 5 heteroatoms. The average molecular weight is 322 g/mol. The molecule has 0 saturated carbocycles. The fourth-order valence-electron chi connectivity index (χ4n) is 1.84. The van der Waals surface area contributed by atoms with Crippen molar-refractivity contribution < 1.29 is 0 Å². The van der Waals surface area contributed by atoms with Gasteiger partial charge in [0.15, 0.2) is 5.16 Å². The van der Waals surface area contributed by atoms with E-state index in [0.29, 0.717) is 5.92 Å². The van der Waals surface area contributed by atoms with Crippen LogP contribution in [0, 0.1) is 12.8 Å². The van der Waals surface area contributed by atoms with Crippen molar-refractivity contribution in [2.24, 2.45) is 5.92 Å². The Morgan fingerprint density at radius 3 is 2.81 bits per heavy atom. The van der Waals surface area contributed by atoms with Gasteiger partial charge in [-0.2, -0.15) is 0 Å². The summed E-state index contributed by atoms with van der Waals surface area (Å²) < 4.78 is 0. The Morgan fingerprint density at radius 1 is 1.29 bits per heavy atom. The molecule has 2 rings (SSSR count). The zero-order valence-corrected chi connectivity index (χ0v) is 14.1. The predicted octanol–water partition coefficient (Wildman–Crippen LogP) is 4.34. The lowest BCUT2D eigenvalue weighted by Gasteiger charge is -2.11. The fraction of sp³-hybridized carbons (Fsp3) is 0.375. The molecule has 0 radical (unpaired) electrons. The molecule has 0 aliphatic carbocycles. The molecule has 0 amide bonds. The van der Waals surface area contributed by atoms with Crippen molar-refractivity contribution in [2.45, 2.75) is 37.4 Å². The third-order valence-corrected chi connectivity index (χ3v) is 4.09. The molecule has 2 aromatic rings. The smallest absolute Gasteiger partial charge is 0.192 e. The first-order valence-electron chi connectivity index (χ1n) is 7.01. The molecule has 0 saturated heterocycles. The minimum Gasteiger partial charge on any atom is -0.312 e. The number of hydrogen-bond acceptors (Lipinski definition) is 4. The number of hydrogen-bond donors (Lipinski definition) is 1. The topological polar surface area (TPSA) is 37.8 Å². The Morgan fingerprint density at radius 2 is 2.10 bits per heavy atom. The summed E-state index contributed by atoms with van der Waals surface area (Å²) >= 11 is 7.68. The van der Waals surface area contributed by atoms with Gasteiger partial charge in [0, 0.05) is 28.4 Å². The first kappa shape index (κ1) is 16.3. The summed E-state index contributed by atoms with van der Waals surface area (Å²) in [6.07, 6.45) is 1.78. The molecule has 1 N–H and O–H groups in total. The lowest BCUT2D eigenvalue weighted by atomic mass is 10.2. The quantitative estimate of drug-likeness (QED) is 0.803. The van der Waals surface area contributed by atoms with Gasteiger partial charge in [-0.15, -0.1) is 0 Å². The summed E-state index contributed by atoms with van der Waals surface area (Å²) in [5.41, 5.74) is 2.18. The van der Waals surface area contributed by atoms with E-state index in [0.717, 1.165) is 33.9 Å². The summed E-state index contributed by atoms with van der Waals surface area (Å²) in [6.45, 7) is 8.18. The summed E-state index contributed by atoms with van der Waals surface area (Å²) in [7, 11) is 0. The molecule has 0 bridgehead atoms. The van der Waals surface area contributed by atoms with Crippen molar-refractivity contribution in [3.05, 3.63) is 46.7 Å². The standard InChI is InChI=1S/C16H20ClN3S/c1-11(2)9-18-10-13-4-5-14(17)8-15(13)21-16-19-7-6-12(3)20-16/h4-8,11,18H,9-10H2,1-3H3. The molecule has 1 heterocycles. The number of benzene rings is 1. The minimum atomic E-state index is 0.633. The first-order chi connectivity index (χ1) is 10.0. The summed E-state index contributed by atoms with van der Waals surface area (Å²) in [5, 5.41) is 4.95. The van der Waals surface area contributed by atoms with Gasteiger partial charge in [0.05, 0.1) is 0 Å². The zero-order valence-electron chi connectivity index (χ0n) is 12.6. The number of nitrogens with zero attached hydrogens (tertiary/aromatic N) is 2. The normalized spacial score (nSPS) is 11.1. The average Bonchev–Trinajstić information content (AvgIpc) is 2.41. The predicted molar refractivity (Wildman–Crippen MR) is 88.9 cm³/mol. The maximum Gasteiger partial charge on any atom is 0.192 e. The molecule has 0 unspecified atom stereocenters. The van der Waals surface area contributed by atoms with Crippen LogP contribution in [0.25, 0.3) is 0 Å². The van der Waals surface area contributed by atoms with Crippen molar-refractivity contribution in [1.82, 2.24) is 15.3 Å². The highest BCUT2D eigenvalue weighted by molar-refractivity contribution is 7.99. The van der Waals surface area contributed by atoms with Gasteiger partial charge in [0.1, 0.15) is 0 Å². The monoisotopic (exact) mass is 321 g/mol. The first-order valence-corrected chi connectivity index (χ1v) is 8.20. The lowest BCUT2D eigenvalue weighted by molar-refractivity contribution is 0.550. The van der Waals surface area contributed by atoms with Crippen molar-refractivity contribution >= 4 is 23.4 Å². The molecule has 0 aliphatic heterocycles. The van der Waals surface area contributed by atoms with E-state index in [1.807, 2.05) is 25.1 Å². The van der Waals surface area contributed by atoms with Crippen molar-refractivity contribution in [1.29, 1.82) is 0 Å². The van der Waals surface area contributed by atoms with Crippen LogP contribution < -0.4 is 5.32 Å². The zero-order chi connectivity index (χ0) is 15.2.